The average Bonchev–Trinajstić information content (AvgIpc) is 3.49. The molecule has 2 aromatic rings. The van der Waals surface area contributed by atoms with E-state index in [9.17, 15) is 9.18 Å². The monoisotopic (exact) mass is 390 g/mol. The highest BCUT2D eigenvalue weighted by molar-refractivity contribution is 6.31. The number of carbonyl (C=O) groups is 1. The molecule has 6 heteroatoms. The van der Waals surface area contributed by atoms with Crippen molar-refractivity contribution in [1.29, 1.82) is 0 Å². The zero-order valence-electron chi connectivity index (χ0n) is 15.4. The van der Waals surface area contributed by atoms with E-state index < -0.39 is 0 Å². The molecule has 27 heavy (non-hydrogen) atoms. The van der Waals surface area contributed by atoms with Crippen molar-refractivity contribution in [3.8, 4) is 5.75 Å². The van der Waals surface area contributed by atoms with Gasteiger partial charge in [-0.3, -0.25) is 9.69 Å². The number of hydrogen-bond donors (Lipinski definition) is 1. The molecule has 1 amide bonds. The van der Waals surface area contributed by atoms with Crippen LogP contribution in [0.3, 0.4) is 0 Å². The van der Waals surface area contributed by atoms with Crippen LogP contribution in [0, 0.1) is 5.82 Å². The van der Waals surface area contributed by atoms with E-state index in [4.69, 9.17) is 16.3 Å². The van der Waals surface area contributed by atoms with E-state index >= 15 is 0 Å². The molecule has 0 heterocycles. The summed E-state index contributed by atoms with van der Waals surface area (Å²) >= 11 is 6.14. The van der Waals surface area contributed by atoms with Crippen molar-refractivity contribution in [3.05, 3.63) is 64.4 Å². The van der Waals surface area contributed by atoms with Gasteiger partial charge in [-0.25, -0.2) is 4.39 Å². The van der Waals surface area contributed by atoms with E-state index in [1.54, 1.807) is 19.2 Å². The highest BCUT2D eigenvalue weighted by Gasteiger charge is 2.31. The maximum atomic E-state index is 14.1. The number of amides is 1. The summed E-state index contributed by atoms with van der Waals surface area (Å²) in [6.07, 6.45) is 2.75. The van der Waals surface area contributed by atoms with Crippen molar-refractivity contribution < 1.29 is 13.9 Å². The van der Waals surface area contributed by atoms with Gasteiger partial charge < -0.3 is 10.1 Å². The summed E-state index contributed by atoms with van der Waals surface area (Å²) in [5, 5.41) is 3.35. The van der Waals surface area contributed by atoms with Crippen LogP contribution in [0.1, 0.15) is 24.0 Å². The van der Waals surface area contributed by atoms with Crippen LogP contribution in [-0.2, 0) is 17.8 Å². The molecule has 1 N–H and O–H groups in total. The van der Waals surface area contributed by atoms with Crippen LogP contribution in [0.25, 0.3) is 0 Å². The Balaban J connectivity index is 1.53. The normalized spacial score (nSPS) is 13.6. The Morgan fingerprint density at radius 1 is 1.26 bits per heavy atom. The fraction of sp³-hybridized carbons (Fsp3) is 0.381. The van der Waals surface area contributed by atoms with Gasteiger partial charge in [0.2, 0.25) is 5.91 Å². The number of carbonyl (C=O) groups excluding carboxylic acids is 1. The largest absolute Gasteiger partial charge is 0.496 e. The minimum atomic E-state index is -0.329. The lowest BCUT2D eigenvalue weighted by atomic mass is 10.1. The summed E-state index contributed by atoms with van der Waals surface area (Å²) < 4.78 is 19.4. The highest BCUT2D eigenvalue weighted by Crippen LogP contribution is 2.30. The molecule has 1 saturated carbocycles. The first-order valence-corrected chi connectivity index (χ1v) is 9.52. The van der Waals surface area contributed by atoms with Gasteiger partial charge in [-0.1, -0.05) is 35.9 Å². The lowest BCUT2D eigenvalue weighted by Gasteiger charge is -2.22. The van der Waals surface area contributed by atoms with Crippen molar-refractivity contribution in [2.75, 3.05) is 20.2 Å². The predicted octanol–water partition coefficient (Wildman–Crippen LogP) is 3.81. The molecule has 144 valence electrons. The zero-order valence-corrected chi connectivity index (χ0v) is 16.1. The Bertz CT molecular complexity index is 775. The Morgan fingerprint density at radius 2 is 2.04 bits per heavy atom. The molecule has 0 atom stereocenters. The van der Waals surface area contributed by atoms with E-state index in [1.165, 1.54) is 6.07 Å². The lowest BCUT2D eigenvalue weighted by Crippen LogP contribution is -2.39. The predicted molar refractivity (Wildman–Crippen MR) is 105 cm³/mol. The molecule has 1 aliphatic carbocycles. The molecule has 0 bridgehead atoms. The number of halogens is 2. The van der Waals surface area contributed by atoms with Crippen LogP contribution in [0.2, 0.25) is 5.02 Å². The quantitative estimate of drug-likeness (QED) is 0.707. The van der Waals surface area contributed by atoms with Crippen LogP contribution >= 0.6 is 11.6 Å². The third kappa shape index (κ3) is 5.44. The van der Waals surface area contributed by atoms with Crippen molar-refractivity contribution in [2.45, 2.75) is 31.8 Å². The van der Waals surface area contributed by atoms with Gasteiger partial charge in [0.1, 0.15) is 11.6 Å². The van der Waals surface area contributed by atoms with E-state index in [1.807, 2.05) is 29.2 Å². The van der Waals surface area contributed by atoms with E-state index in [0.29, 0.717) is 36.1 Å². The molecule has 0 radical (unpaired) electrons. The molecular weight excluding hydrogens is 367 g/mol. The first kappa shape index (κ1) is 19.6. The molecule has 1 fully saturated rings. The van der Waals surface area contributed by atoms with E-state index in [2.05, 4.69) is 5.32 Å². The van der Waals surface area contributed by atoms with Crippen LogP contribution in [0.4, 0.5) is 4.39 Å². The molecule has 1 aliphatic rings. The molecule has 2 aromatic carbocycles. The second-order valence-electron chi connectivity index (χ2n) is 6.75. The number of rotatable bonds is 9. The molecule has 0 spiro atoms. The minimum absolute atomic E-state index is 0.0655. The number of nitrogens with one attached hydrogen (secondary N) is 1. The summed E-state index contributed by atoms with van der Waals surface area (Å²) in [5.74, 6) is 0.426. The van der Waals surface area contributed by atoms with Gasteiger partial charge in [0, 0.05) is 29.7 Å². The molecule has 0 aliphatic heterocycles. The van der Waals surface area contributed by atoms with Gasteiger partial charge in [-0.05, 0) is 43.0 Å². The fourth-order valence-corrected chi connectivity index (χ4v) is 3.35. The SMILES string of the molecule is COc1ccccc1CCNC(=O)CN(Cc1c(F)cccc1Cl)C1CC1. The average molecular weight is 391 g/mol. The maximum absolute atomic E-state index is 14.1. The summed E-state index contributed by atoms with van der Waals surface area (Å²) in [5.41, 5.74) is 1.50. The van der Waals surface area contributed by atoms with Gasteiger partial charge in [-0.15, -0.1) is 0 Å². The van der Waals surface area contributed by atoms with Crippen LogP contribution in [0.5, 0.6) is 5.75 Å². The molecule has 0 saturated heterocycles. The van der Waals surface area contributed by atoms with Gasteiger partial charge in [0.05, 0.1) is 13.7 Å². The van der Waals surface area contributed by atoms with Gasteiger partial charge >= 0.3 is 0 Å². The van der Waals surface area contributed by atoms with Gasteiger partial charge in [0.15, 0.2) is 0 Å². The summed E-state index contributed by atoms with van der Waals surface area (Å²) in [4.78, 5) is 14.4. The number of ether oxygens (including phenoxy) is 1. The van der Waals surface area contributed by atoms with Crippen LogP contribution in [-0.4, -0.2) is 37.0 Å². The third-order valence-electron chi connectivity index (χ3n) is 4.74. The lowest BCUT2D eigenvalue weighted by molar-refractivity contribution is -0.122. The molecule has 0 aromatic heterocycles. The smallest absolute Gasteiger partial charge is 0.234 e. The van der Waals surface area contributed by atoms with Crippen LogP contribution < -0.4 is 10.1 Å². The van der Waals surface area contributed by atoms with Crippen molar-refractivity contribution in [1.82, 2.24) is 10.2 Å². The first-order chi connectivity index (χ1) is 13.1. The molecular formula is C21H24ClFN2O2. The summed E-state index contributed by atoms with van der Waals surface area (Å²) in [6.45, 7) is 1.11. The van der Waals surface area contributed by atoms with Crippen molar-refractivity contribution in [2.24, 2.45) is 0 Å². The number of methoxy groups -OCH3 is 1. The number of nitrogens with zero attached hydrogens (tertiary/aromatic N) is 1. The second kappa shape index (κ2) is 9.20. The summed E-state index contributed by atoms with van der Waals surface area (Å²) in [6, 6.07) is 12.8. The number of para-hydroxylation sites is 1. The minimum Gasteiger partial charge on any atom is -0.496 e. The topological polar surface area (TPSA) is 41.6 Å². The Hall–Kier alpha value is -2.11. The number of hydrogen-bond acceptors (Lipinski definition) is 3. The van der Waals surface area contributed by atoms with Crippen molar-refractivity contribution >= 4 is 17.5 Å². The molecule has 4 nitrogen and oxygen atoms in total. The standard InChI is InChI=1S/C21H24ClFN2O2/c1-27-20-8-3-2-5-15(20)11-12-24-21(26)14-25(16-9-10-16)13-17-18(22)6-4-7-19(17)23/h2-8,16H,9-14H2,1H3,(H,24,26). The van der Waals surface area contributed by atoms with Gasteiger partial charge in [0.25, 0.3) is 0 Å². The highest BCUT2D eigenvalue weighted by atomic mass is 35.5. The molecule has 0 unspecified atom stereocenters. The van der Waals surface area contributed by atoms with E-state index in [-0.39, 0.29) is 18.3 Å². The van der Waals surface area contributed by atoms with Crippen molar-refractivity contribution in [3.63, 3.8) is 0 Å². The second-order valence-corrected chi connectivity index (χ2v) is 7.16. The third-order valence-corrected chi connectivity index (χ3v) is 5.10. The van der Waals surface area contributed by atoms with Crippen LogP contribution in [0.15, 0.2) is 42.5 Å². The van der Waals surface area contributed by atoms with Gasteiger partial charge in [-0.2, -0.15) is 0 Å². The molecule has 3 rings (SSSR count). The Morgan fingerprint density at radius 3 is 2.74 bits per heavy atom. The Kier molecular flexibility index (Phi) is 6.69. The zero-order chi connectivity index (χ0) is 19.2. The first-order valence-electron chi connectivity index (χ1n) is 9.14. The fourth-order valence-electron chi connectivity index (χ4n) is 3.13. The number of benzene rings is 2. The Labute approximate surface area is 164 Å². The van der Waals surface area contributed by atoms with E-state index in [0.717, 1.165) is 24.2 Å². The maximum Gasteiger partial charge on any atom is 0.234 e. The summed E-state index contributed by atoms with van der Waals surface area (Å²) in [7, 11) is 1.64.